The molecule has 2 aromatic carbocycles. The predicted octanol–water partition coefficient (Wildman–Crippen LogP) is 3.47. The van der Waals surface area contributed by atoms with Gasteiger partial charge in [0.1, 0.15) is 18.7 Å². The number of rotatable bonds is 9. The topological polar surface area (TPSA) is 116 Å². The lowest BCUT2D eigenvalue weighted by Gasteiger charge is -2.32. The van der Waals surface area contributed by atoms with Crippen molar-refractivity contribution in [1.82, 2.24) is 15.1 Å². The van der Waals surface area contributed by atoms with Crippen LogP contribution in [0.15, 0.2) is 48.5 Å². The fourth-order valence-corrected chi connectivity index (χ4v) is 5.52. The van der Waals surface area contributed by atoms with Crippen LogP contribution in [0.4, 0.5) is 4.79 Å². The predicted molar refractivity (Wildman–Crippen MR) is 141 cm³/mol. The minimum absolute atomic E-state index is 0.110. The Morgan fingerprint density at radius 1 is 1.00 bits per heavy atom. The highest BCUT2D eigenvalue weighted by molar-refractivity contribution is 5.93. The van der Waals surface area contributed by atoms with Crippen molar-refractivity contribution in [1.29, 1.82) is 0 Å². The van der Waals surface area contributed by atoms with Crippen LogP contribution >= 0.6 is 0 Å². The van der Waals surface area contributed by atoms with Gasteiger partial charge in [0, 0.05) is 26.1 Å². The highest BCUT2D eigenvalue weighted by atomic mass is 16.6. The summed E-state index contributed by atoms with van der Waals surface area (Å²) < 4.78 is 5.72. The quantitative estimate of drug-likeness (QED) is 0.522. The Bertz CT molecular complexity index is 1160. The zero-order valence-corrected chi connectivity index (χ0v) is 22.1. The van der Waals surface area contributed by atoms with Gasteiger partial charge in [0.15, 0.2) is 0 Å². The molecule has 3 amide bonds. The molecule has 38 heavy (non-hydrogen) atoms. The number of nitrogens with zero attached hydrogens (tertiary/aromatic N) is 2. The van der Waals surface area contributed by atoms with Gasteiger partial charge in [0.05, 0.1) is 6.42 Å². The van der Waals surface area contributed by atoms with E-state index in [1.165, 1.54) is 11.9 Å². The van der Waals surface area contributed by atoms with Gasteiger partial charge in [-0.2, -0.15) is 0 Å². The first-order chi connectivity index (χ1) is 18.2. The SMILES string of the molecule is CC(C)C(C(=O)N[C@@H](CC(=O)O)C(=O)N1CCCC1)N(C)C(=O)OCC1c2ccccc2-c2ccccc21. The second-order valence-electron chi connectivity index (χ2n) is 10.3. The zero-order valence-electron chi connectivity index (χ0n) is 22.1. The smallest absolute Gasteiger partial charge is 0.410 e. The number of likely N-dealkylation sites (N-methyl/N-ethyl adjacent to an activating group) is 1. The van der Waals surface area contributed by atoms with Crippen LogP contribution in [0.1, 0.15) is 50.2 Å². The molecule has 1 fully saturated rings. The van der Waals surface area contributed by atoms with Gasteiger partial charge in [-0.25, -0.2) is 4.79 Å². The Balaban J connectivity index is 1.45. The van der Waals surface area contributed by atoms with E-state index in [-0.39, 0.29) is 18.4 Å². The number of nitrogens with one attached hydrogen (secondary N) is 1. The largest absolute Gasteiger partial charge is 0.481 e. The summed E-state index contributed by atoms with van der Waals surface area (Å²) in [6.07, 6.45) is 0.499. The number of carboxylic acid groups (broad SMARTS) is 1. The molecule has 2 aromatic rings. The van der Waals surface area contributed by atoms with Gasteiger partial charge in [0.2, 0.25) is 11.8 Å². The van der Waals surface area contributed by atoms with E-state index in [9.17, 15) is 24.3 Å². The second kappa shape index (κ2) is 11.7. The summed E-state index contributed by atoms with van der Waals surface area (Å²) in [5.41, 5.74) is 4.40. The minimum atomic E-state index is -1.20. The summed E-state index contributed by atoms with van der Waals surface area (Å²) >= 11 is 0. The van der Waals surface area contributed by atoms with Crippen molar-refractivity contribution in [3.63, 3.8) is 0 Å². The first-order valence-electron chi connectivity index (χ1n) is 13.1. The molecule has 1 aliphatic heterocycles. The highest BCUT2D eigenvalue weighted by Crippen LogP contribution is 2.44. The van der Waals surface area contributed by atoms with Crippen LogP contribution in [-0.2, 0) is 19.1 Å². The first-order valence-corrected chi connectivity index (χ1v) is 13.1. The first kappa shape index (κ1) is 27.2. The fraction of sp³-hybridized carbons (Fsp3) is 0.448. The van der Waals surface area contributed by atoms with E-state index in [1.54, 1.807) is 18.7 Å². The number of carbonyl (C=O) groups is 4. The van der Waals surface area contributed by atoms with Gasteiger partial charge < -0.3 is 20.1 Å². The fourth-order valence-electron chi connectivity index (χ4n) is 5.52. The number of hydrogen-bond acceptors (Lipinski definition) is 5. The van der Waals surface area contributed by atoms with Crippen molar-refractivity contribution >= 4 is 23.9 Å². The van der Waals surface area contributed by atoms with E-state index >= 15 is 0 Å². The van der Waals surface area contributed by atoms with Crippen molar-refractivity contribution in [2.75, 3.05) is 26.7 Å². The van der Waals surface area contributed by atoms with Crippen molar-refractivity contribution < 1.29 is 29.0 Å². The molecule has 0 spiro atoms. The molecule has 9 nitrogen and oxygen atoms in total. The third-order valence-corrected chi connectivity index (χ3v) is 7.35. The van der Waals surface area contributed by atoms with Crippen LogP contribution in [0.5, 0.6) is 0 Å². The molecule has 0 saturated carbocycles. The van der Waals surface area contributed by atoms with Gasteiger partial charge in [-0.1, -0.05) is 62.4 Å². The lowest BCUT2D eigenvalue weighted by molar-refractivity contribution is -0.144. The summed E-state index contributed by atoms with van der Waals surface area (Å²) in [7, 11) is 1.48. The lowest BCUT2D eigenvalue weighted by Crippen LogP contribution is -2.56. The molecule has 4 rings (SSSR count). The van der Waals surface area contributed by atoms with Crippen molar-refractivity contribution in [3.05, 3.63) is 59.7 Å². The number of hydrogen-bond donors (Lipinski definition) is 2. The number of fused-ring (bicyclic) bond motifs is 3. The molecule has 2 N–H and O–H groups in total. The van der Waals surface area contributed by atoms with E-state index in [4.69, 9.17) is 4.74 Å². The second-order valence-corrected chi connectivity index (χ2v) is 10.3. The third kappa shape index (κ3) is 5.66. The molecular formula is C29H35N3O6. The highest BCUT2D eigenvalue weighted by Gasteiger charge is 2.36. The number of aliphatic carboxylic acids is 1. The molecule has 9 heteroatoms. The van der Waals surface area contributed by atoms with E-state index < -0.39 is 42.4 Å². The van der Waals surface area contributed by atoms with Crippen molar-refractivity contribution in [2.24, 2.45) is 5.92 Å². The standard InChI is InChI=1S/C29H35N3O6/c1-18(2)26(27(35)30-24(16-25(33)34)28(36)32-14-8-9-15-32)31(3)29(37)38-17-23-21-12-6-4-10-19(21)20-11-5-7-13-22(20)23/h4-7,10-13,18,23-24,26H,8-9,14-17H2,1-3H3,(H,30,35)(H,33,34)/t24-,26?/m0/s1. The van der Waals surface area contributed by atoms with E-state index in [2.05, 4.69) is 17.4 Å². The average molecular weight is 522 g/mol. The Morgan fingerprint density at radius 2 is 1.55 bits per heavy atom. The maximum absolute atomic E-state index is 13.3. The number of amides is 3. The molecule has 0 aromatic heterocycles. The van der Waals surface area contributed by atoms with Crippen molar-refractivity contribution in [3.8, 4) is 11.1 Å². The molecule has 202 valence electrons. The summed E-state index contributed by atoms with van der Waals surface area (Å²) in [6.45, 7) is 4.76. The monoisotopic (exact) mass is 521 g/mol. The maximum Gasteiger partial charge on any atom is 0.410 e. The van der Waals surface area contributed by atoms with Crippen LogP contribution in [0.2, 0.25) is 0 Å². The number of carboxylic acids is 1. The van der Waals surface area contributed by atoms with Crippen molar-refractivity contribution in [2.45, 2.75) is 51.1 Å². The van der Waals surface area contributed by atoms with E-state index in [1.807, 2.05) is 36.4 Å². The molecule has 0 bridgehead atoms. The molecule has 1 heterocycles. The van der Waals surface area contributed by atoms with Gasteiger partial charge in [-0.3, -0.25) is 19.3 Å². The minimum Gasteiger partial charge on any atom is -0.481 e. The summed E-state index contributed by atoms with van der Waals surface area (Å²) in [5.74, 6) is -2.62. The summed E-state index contributed by atoms with van der Waals surface area (Å²) in [4.78, 5) is 53.6. The zero-order chi connectivity index (χ0) is 27.4. The summed E-state index contributed by atoms with van der Waals surface area (Å²) in [5, 5.41) is 11.9. The molecule has 2 aliphatic rings. The lowest BCUT2D eigenvalue weighted by atomic mass is 9.98. The van der Waals surface area contributed by atoms with Crippen LogP contribution in [0, 0.1) is 5.92 Å². The molecule has 1 saturated heterocycles. The number of benzene rings is 2. The van der Waals surface area contributed by atoms with Crippen LogP contribution < -0.4 is 5.32 Å². The molecular weight excluding hydrogens is 486 g/mol. The molecule has 1 aliphatic carbocycles. The Labute approximate surface area is 222 Å². The number of carbonyl (C=O) groups excluding carboxylic acids is 3. The van der Waals surface area contributed by atoms with E-state index in [0.717, 1.165) is 35.1 Å². The van der Waals surface area contributed by atoms with Gasteiger partial charge in [0.25, 0.3) is 0 Å². The maximum atomic E-state index is 13.3. The number of likely N-dealkylation sites (tertiary alicyclic amines) is 1. The Morgan fingerprint density at radius 3 is 2.08 bits per heavy atom. The molecule has 0 radical (unpaired) electrons. The molecule has 2 atom stereocenters. The average Bonchev–Trinajstić information content (AvgIpc) is 3.53. The normalized spacial score (nSPS) is 15.9. The van der Waals surface area contributed by atoms with Gasteiger partial charge in [-0.05, 0) is 41.0 Å². The van der Waals surface area contributed by atoms with Gasteiger partial charge in [-0.15, -0.1) is 0 Å². The Kier molecular flexibility index (Phi) is 8.34. The summed E-state index contributed by atoms with van der Waals surface area (Å²) in [6, 6.07) is 13.9. The molecule has 1 unspecified atom stereocenters. The third-order valence-electron chi connectivity index (χ3n) is 7.35. The van der Waals surface area contributed by atoms with E-state index in [0.29, 0.717) is 13.1 Å². The Hall–Kier alpha value is -3.88. The van der Waals surface area contributed by atoms with Crippen LogP contribution in [0.3, 0.4) is 0 Å². The van der Waals surface area contributed by atoms with Gasteiger partial charge >= 0.3 is 12.1 Å². The van der Waals surface area contributed by atoms with Crippen LogP contribution in [-0.4, -0.2) is 77.6 Å². The number of ether oxygens (including phenoxy) is 1. The van der Waals surface area contributed by atoms with Crippen LogP contribution in [0.25, 0.3) is 11.1 Å².